The number of nitrogens with zero attached hydrogens (tertiary/aromatic N) is 2. The molecule has 0 spiro atoms. The maximum Gasteiger partial charge on any atom is 0.412 e. The van der Waals surface area contributed by atoms with Gasteiger partial charge in [0.1, 0.15) is 18.1 Å². The van der Waals surface area contributed by atoms with Crippen LogP contribution in [-0.2, 0) is 17.2 Å². The second kappa shape index (κ2) is 6.16. The van der Waals surface area contributed by atoms with Crippen molar-refractivity contribution < 1.29 is 22.7 Å². The SMILES string of the molecule is Cn1nc(C2CC(F)(F)C2)c(C2(C)CCC2)c1NC(=O)OCC(C)(C)F. The van der Waals surface area contributed by atoms with Gasteiger partial charge in [-0.05, 0) is 32.1 Å². The molecule has 2 saturated carbocycles. The van der Waals surface area contributed by atoms with Crippen LogP contribution >= 0.6 is 0 Å². The highest BCUT2D eigenvalue weighted by atomic mass is 19.3. The molecule has 0 bridgehead atoms. The van der Waals surface area contributed by atoms with E-state index in [1.165, 1.54) is 18.5 Å². The van der Waals surface area contributed by atoms with Gasteiger partial charge in [-0.3, -0.25) is 10.00 Å². The summed E-state index contributed by atoms with van der Waals surface area (Å²) in [7, 11) is 1.67. The fraction of sp³-hybridized carbons (Fsp3) is 0.778. The first-order chi connectivity index (χ1) is 11.9. The Morgan fingerprint density at radius 1 is 1.38 bits per heavy atom. The highest BCUT2D eigenvalue weighted by Crippen LogP contribution is 2.54. The van der Waals surface area contributed by atoms with Crippen molar-refractivity contribution in [3.05, 3.63) is 11.3 Å². The van der Waals surface area contributed by atoms with Crippen molar-refractivity contribution in [3.63, 3.8) is 0 Å². The summed E-state index contributed by atoms with van der Waals surface area (Å²) in [6.45, 7) is 4.33. The van der Waals surface area contributed by atoms with Crippen LogP contribution in [0.25, 0.3) is 0 Å². The minimum atomic E-state index is -2.64. The molecular weight excluding hydrogens is 347 g/mol. The molecule has 0 aliphatic heterocycles. The second-order valence-electron chi connectivity index (χ2n) is 8.53. The van der Waals surface area contributed by atoms with Gasteiger partial charge in [0.15, 0.2) is 0 Å². The number of anilines is 1. The van der Waals surface area contributed by atoms with Gasteiger partial charge in [-0.25, -0.2) is 18.0 Å². The van der Waals surface area contributed by atoms with Gasteiger partial charge in [0, 0.05) is 31.4 Å². The molecular formula is C18H26F3N3O2. The zero-order chi connectivity index (χ0) is 19.3. The molecule has 1 aromatic heterocycles. The molecule has 0 radical (unpaired) electrons. The zero-order valence-corrected chi connectivity index (χ0v) is 15.7. The smallest absolute Gasteiger partial charge is 0.412 e. The molecule has 1 N–H and O–H groups in total. The van der Waals surface area contributed by atoms with E-state index in [1.807, 2.05) is 0 Å². The Labute approximate surface area is 151 Å². The number of carbonyl (C=O) groups excluding carboxylic acids is 1. The van der Waals surface area contributed by atoms with Crippen LogP contribution in [0.2, 0.25) is 0 Å². The summed E-state index contributed by atoms with van der Waals surface area (Å²) in [6, 6.07) is 0. The van der Waals surface area contributed by atoms with E-state index in [0.717, 1.165) is 24.8 Å². The lowest BCUT2D eigenvalue weighted by atomic mass is 9.63. The quantitative estimate of drug-likeness (QED) is 0.816. The lowest BCUT2D eigenvalue weighted by Crippen LogP contribution is -2.37. The minimum absolute atomic E-state index is 0.198. The van der Waals surface area contributed by atoms with Crippen LogP contribution in [0.3, 0.4) is 0 Å². The summed E-state index contributed by atoms with van der Waals surface area (Å²) in [4.78, 5) is 12.1. The summed E-state index contributed by atoms with van der Waals surface area (Å²) in [5.74, 6) is -2.49. The molecule has 0 unspecified atom stereocenters. The van der Waals surface area contributed by atoms with Gasteiger partial charge in [0.2, 0.25) is 5.92 Å². The average Bonchev–Trinajstić information content (AvgIpc) is 2.76. The fourth-order valence-corrected chi connectivity index (χ4v) is 3.75. The van der Waals surface area contributed by atoms with Crippen molar-refractivity contribution in [2.75, 3.05) is 11.9 Å². The first-order valence-corrected chi connectivity index (χ1v) is 8.98. The first kappa shape index (κ1) is 19.0. The lowest BCUT2D eigenvalue weighted by Gasteiger charge is -2.42. The maximum atomic E-state index is 13.5. The predicted octanol–water partition coefficient (Wildman–Crippen LogP) is 4.67. The molecule has 3 rings (SSSR count). The highest BCUT2D eigenvalue weighted by Gasteiger charge is 2.50. The van der Waals surface area contributed by atoms with Crippen molar-refractivity contribution >= 4 is 11.9 Å². The van der Waals surface area contributed by atoms with Crippen LogP contribution in [0, 0.1) is 0 Å². The number of rotatable bonds is 5. The number of alkyl halides is 3. The number of aryl methyl sites for hydroxylation is 1. The fourth-order valence-electron chi connectivity index (χ4n) is 3.75. The molecule has 8 heteroatoms. The molecule has 2 aliphatic rings. The summed E-state index contributed by atoms with van der Waals surface area (Å²) < 4.78 is 46.7. The maximum absolute atomic E-state index is 13.5. The molecule has 1 aromatic rings. The normalized spacial score (nSPS) is 21.7. The van der Waals surface area contributed by atoms with Gasteiger partial charge in [-0.1, -0.05) is 13.3 Å². The number of halogens is 3. The largest absolute Gasteiger partial charge is 0.446 e. The summed E-state index contributed by atoms with van der Waals surface area (Å²) in [5.41, 5.74) is -0.365. The zero-order valence-electron chi connectivity index (χ0n) is 15.7. The van der Waals surface area contributed by atoms with Gasteiger partial charge >= 0.3 is 6.09 Å². The third-order valence-corrected chi connectivity index (χ3v) is 5.38. The van der Waals surface area contributed by atoms with Gasteiger partial charge in [0.25, 0.3) is 0 Å². The monoisotopic (exact) mass is 373 g/mol. The van der Waals surface area contributed by atoms with E-state index in [2.05, 4.69) is 17.3 Å². The van der Waals surface area contributed by atoms with E-state index in [4.69, 9.17) is 4.74 Å². The molecule has 1 heterocycles. The van der Waals surface area contributed by atoms with E-state index in [0.29, 0.717) is 11.5 Å². The van der Waals surface area contributed by atoms with Crippen molar-refractivity contribution in [2.45, 2.75) is 75.8 Å². The number of carbonyl (C=O) groups is 1. The Hall–Kier alpha value is -1.73. The molecule has 0 atom stereocenters. The van der Waals surface area contributed by atoms with Crippen LogP contribution in [-0.4, -0.2) is 34.1 Å². The standard InChI is InChI=1S/C18H26F3N3O2/c1-16(2,19)10-26-15(25)22-14-12(17(3)6-5-7-17)13(23-24(14)4)11-8-18(20,21)9-11/h11H,5-10H2,1-4H3,(H,22,25). The number of ether oxygens (including phenoxy) is 1. The molecule has 26 heavy (non-hydrogen) atoms. The molecule has 146 valence electrons. The lowest BCUT2D eigenvalue weighted by molar-refractivity contribution is -0.0880. The number of nitrogens with one attached hydrogen (secondary N) is 1. The van der Waals surface area contributed by atoms with Crippen molar-refractivity contribution in [2.24, 2.45) is 7.05 Å². The van der Waals surface area contributed by atoms with Gasteiger partial charge < -0.3 is 4.74 Å². The van der Waals surface area contributed by atoms with E-state index in [9.17, 15) is 18.0 Å². The van der Waals surface area contributed by atoms with Crippen molar-refractivity contribution in [1.29, 1.82) is 0 Å². The Balaban J connectivity index is 1.85. The average molecular weight is 373 g/mol. The van der Waals surface area contributed by atoms with Crippen LogP contribution < -0.4 is 5.32 Å². The molecule has 0 saturated heterocycles. The summed E-state index contributed by atoms with van der Waals surface area (Å²) in [5, 5.41) is 7.10. The molecule has 2 fully saturated rings. The Morgan fingerprint density at radius 2 is 2.00 bits per heavy atom. The Morgan fingerprint density at radius 3 is 2.46 bits per heavy atom. The van der Waals surface area contributed by atoms with E-state index in [-0.39, 0.29) is 30.8 Å². The number of amides is 1. The van der Waals surface area contributed by atoms with E-state index in [1.54, 1.807) is 7.05 Å². The van der Waals surface area contributed by atoms with Crippen LogP contribution in [0.4, 0.5) is 23.8 Å². The third kappa shape index (κ3) is 3.69. The predicted molar refractivity (Wildman–Crippen MR) is 91.5 cm³/mol. The minimum Gasteiger partial charge on any atom is -0.446 e. The summed E-state index contributed by atoms with van der Waals surface area (Å²) >= 11 is 0. The Bertz CT molecular complexity index is 697. The van der Waals surface area contributed by atoms with Crippen molar-refractivity contribution in [3.8, 4) is 0 Å². The number of aromatic nitrogens is 2. The van der Waals surface area contributed by atoms with E-state index < -0.39 is 17.7 Å². The highest BCUT2D eigenvalue weighted by molar-refractivity contribution is 5.85. The third-order valence-electron chi connectivity index (χ3n) is 5.38. The van der Waals surface area contributed by atoms with Crippen LogP contribution in [0.15, 0.2) is 0 Å². The second-order valence-corrected chi connectivity index (χ2v) is 8.53. The van der Waals surface area contributed by atoms with Crippen LogP contribution in [0.1, 0.15) is 70.1 Å². The summed E-state index contributed by atoms with van der Waals surface area (Å²) in [6.07, 6.45) is 1.67. The molecule has 0 aromatic carbocycles. The molecule has 1 amide bonds. The molecule has 5 nitrogen and oxygen atoms in total. The first-order valence-electron chi connectivity index (χ1n) is 8.98. The van der Waals surface area contributed by atoms with Crippen molar-refractivity contribution in [1.82, 2.24) is 9.78 Å². The topological polar surface area (TPSA) is 56.2 Å². The van der Waals surface area contributed by atoms with Gasteiger partial charge in [-0.2, -0.15) is 5.10 Å². The molecule has 2 aliphatic carbocycles. The van der Waals surface area contributed by atoms with Crippen LogP contribution in [0.5, 0.6) is 0 Å². The number of hydrogen-bond donors (Lipinski definition) is 1. The van der Waals surface area contributed by atoms with E-state index >= 15 is 0 Å². The van der Waals surface area contributed by atoms with Gasteiger partial charge in [0.05, 0.1) is 5.69 Å². The van der Waals surface area contributed by atoms with Gasteiger partial charge in [-0.15, -0.1) is 0 Å². The number of hydrogen-bond acceptors (Lipinski definition) is 3. The Kier molecular flexibility index (Phi) is 4.51.